The molecule has 8 rings (SSSR count). The highest BCUT2D eigenvalue weighted by Crippen LogP contribution is 2.45. The molecule has 0 unspecified atom stereocenters. The first-order chi connectivity index (χ1) is 22.2. The lowest BCUT2D eigenvalue weighted by Gasteiger charge is -2.27. The third-order valence-corrected chi connectivity index (χ3v) is 9.30. The molecule has 0 fully saturated rings. The predicted molar refractivity (Wildman–Crippen MR) is 190 cm³/mol. The van der Waals surface area contributed by atoms with Crippen molar-refractivity contribution >= 4 is 48.5 Å². The van der Waals surface area contributed by atoms with Crippen molar-refractivity contribution in [3.8, 4) is 34.2 Å². The molecule has 0 bridgehead atoms. The van der Waals surface area contributed by atoms with Crippen molar-refractivity contribution in [3.05, 3.63) is 158 Å². The fraction of sp³-hybridized carbons (Fsp3) is 0.0250. The van der Waals surface area contributed by atoms with Crippen LogP contribution in [0.15, 0.2) is 152 Å². The van der Waals surface area contributed by atoms with E-state index in [1.54, 1.807) is 0 Å². The average molecular weight is 597 g/mol. The van der Waals surface area contributed by atoms with Crippen molar-refractivity contribution in [1.29, 1.82) is 0 Å². The summed E-state index contributed by atoms with van der Waals surface area (Å²) >= 11 is 1.84. The van der Waals surface area contributed by atoms with E-state index in [9.17, 15) is 0 Å². The largest absolute Gasteiger partial charge is 0.336 e. The van der Waals surface area contributed by atoms with E-state index in [1.807, 2.05) is 72.0 Å². The van der Waals surface area contributed by atoms with E-state index < -0.39 is 0 Å². The molecular weight excluding hydrogens is 569 g/mol. The molecule has 1 aliphatic heterocycles. The van der Waals surface area contributed by atoms with Crippen LogP contribution in [0.4, 0.5) is 11.4 Å². The van der Waals surface area contributed by atoms with Gasteiger partial charge in [-0.1, -0.05) is 122 Å². The predicted octanol–water partition coefficient (Wildman–Crippen LogP) is 10.5. The molecule has 0 N–H and O–H groups in total. The maximum Gasteiger partial charge on any atom is 0.164 e. The Morgan fingerprint density at radius 1 is 0.578 bits per heavy atom. The molecule has 5 heteroatoms. The molecule has 45 heavy (non-hydrogen) atoms. The van der Waals surface area contributed by atoms with Crippen LogP contribution >= 0.6 is 11.3 Å². The maximum atomic E-state index is 4.93. The second-order valence-corrected chi connectivity index (χ2v) is 12.0. The minimum atomic E-state index is 0.642. The molecule has 0 saturated heterocycles. The summed E-state index contributed by atoms with van der Waals surface area (Å²) in [5, 5.41) is 2.55. The summed E-state index contributed by atoms with van der Waals surface area (Å²) in [5.74, 6) is 1.95. The lowest BCUT2D eigenvalue weighted by Crippen LogP contribution is -2.18. The zero-order valence-electron chi connectivity index (χ0n) is 24.5. The lowest BCUT2D eigenvalue weighted by atomic mass is 10.0. The molecule has 0 aliphatic carbocycles. The van der Waals surface area contributed by atoms with Crippen LogP contribution in [0.25, 0.3) is 59.9 Å². The van der Waals surface area contributed by atoms with Gasteiger partial charge in [0.15, 0.2) is 17.5 Å². The summed E-state index contributed by atoms with van der Waals surface area (Å²) in [6.07, 6.45) is 8.46. The highest BCUT2D eigenvalue weighted by molar-refractivity contribution is 7.26. The van der Waals surface area contributed by atoms with E-state index in [2.05, 4.69) is 96.4 Å². The normalized spacial score (nSPS) is 14.5. The Morgan fingerprint density at radius 2 is 1.18 bits per heavy atom. The van der Waals surface area contributed by atoms with Crippen molar-refractivity contribution < 1.29 is 0 Å². The number of hydrogen-bond donors (Lipinski definition) is 0. The fourth-order valence-corrected chi connectivity index (χ4v) is 7.12. The number of nitrogens with zero attached hydrogens (tertiary/aromatic N) is 4. The molecule has 0 amide bonds. The molecular formula is C40H28N4S. The Morgan fingerprint density at radius 3 is 1.84 bits per heavy atom. The number of anilines is 2. The second-order valence-electron chi connectivity index (χ2n) is 10.9. The van der Waals surface area contributed by atoms with Gasteiger partial charge in [-0.2, -0.15) is 0 Å². The van der Waals surface area contributed by atoms with E-state index in [-0.39, 0.29) is 0 Å². The summed E-state index contributed by atoms with van der Waals surface area (Å²) in [7, 11) is 0. The molecule has 5 aromatic carbocycles. The van der Waals surface area contributed by atoms with Crippen LogP contribution in [0, 0.1) is 0 Å². The highest BCUT2D eigenvalue weighted by Gasteiger charge is 2.21. The third-order valence-electron chi connectivity index (χ3n) is 8.11. The number of hydrogen-bond acceptors (Lipinski definition) is 5. The van der Waals surface area contributed by atoms with Crippen LogP contribution in [-0.2, 0) is 0 Å². The van der Waals surface area contributed by atoms with Gasteiger partial charge in [-0.15, -0.1) is 11.3 Å². The van der Waals surface area contributed by atoms with Crippen molar-refractivity contribution in [2.45, 2.75) is 0 Å². The first-order valence-corrected chi connectivity index (χ1v) is 15.8. The van der Waals surface area contributed by atoms with Crippen LogP contribution in [-0.4, -0.2) is 21.5 Å². The van der Waals surface area contributed by atoms with Crippen molar-refractivity contribution in [2.24, 2.45) is 0 Å². The first kappa shape index (κ1) is 26.9. The Labute approximate surface area is 266 Å². The van der Waals surface area contributed by atoms with Gasteiger partial charge >= 0.3 is 0 Å². The maximum absolute atomic E-state index is 4.93. The van der Waals surface area contributed by atoms with Crippen LogP contribution in [0.3, 0.4) is 0 Å². The van der Waals surface area contributed by atoms with Gasteiger partial charge in [0, 0.05) is 50.0 Å². The van der Waals surface area contributed by atoms with Crippen molar-refractivity contribution in [1.82, 2.24) is 15.0 Å². The quantitative estimate of drug-likeness (QED) is 0.203. The Kier molecular flexibility index (Phi) is 6.86. The zero-order valence-corrected chi connectivity index (χ0v) is 25.3. The van der Waals surface area contributed by atoms with Crippen LogP contribution in [0.2, 0.25) is 0 Å². The number of thiophene rings is 1. The van der Waals surface area contributed by atoms with Gasteiger partial charge in [-0.3, -0.25) is 0 Å². The molecule has 3 heterocycles. The first-order valence-electron chi connectivity index (χ1n) is 14.9. The van der Waals surface area contributed by atoms with Crippen molar-refractivity contribution in [2.75, 3.05) is 11.4 Å². The number of benzene rings is 5. The third kappa shape index (κ3) is 5.03. The Balaban J connectivity index is 1.26. The van der Waals surface area contributed by atoms with Gasteiger partial charge in [-0.05, 0) is 35.9 Å². The average Bonchev–Trinajstić information content (AvgIpc) is 3.52. The van der Waals surface area contributed by atoms with Gasteiger partial charge in [0.05, 0.1) is 10.4 Å². The number of fused-ring (bicyclic) bond motifs is 5. The smallest absolute Gasteiger partial charge is 0.164 e. The topological polar surface area (TPSA) is 41.9 Å². The van der Waals surface area contributed by atoms with E-state index in [1.165, 1.54) is 25.9 Å². The van der Waals surface area contributed by atoms with Gasteiger partial charge in [0.1, 0.15) is 0 Å². The highest BCUT2D eigenvalue weighted by atomic mass is 32.1. The standard InChI is InChI=1S/C40H28N4S/c1-27-13-5-4-12-26-44(36-32(27)24-25-34-33-18-10-11-19-35(33)45-37(34)36)31-22-20-30(21-23-31)40-42-38(28-14-6-2-7-15-28)41-39(43-40)29-16-8-3-9-17-29/h2-25H,1,26H2/b12-4-,13-5-. The molecule has 4 nitrogen and oxygen atoms in total. The summed E-state index contributed by atoms with van der Waals surface area (Å²) < 4.78 is 2.55. The van der Waals surface area contributed by atoms with Crippen LogP contribution in [0.5, 0.6) is 0 Å². The summed E-state index contributed by atoms with van der Waals surface area (Å²) in [5.41, 5.74) is 7.24. The molecule has 0 spiro atoms. The van der Waals surface area contributed by atoms with Crippen molar-refractivity contribution in [3.63, 3.8) is 0 Å². The molecule has 0 saturated carbocycles. The molecule has 1 aliphatic rings. The monoisotopic (exact) mass is 596 g/mol. The van der Waals surface area contributed by atoms with E-state index in [4.69, 9.17) is 15.0 Å². The summed E-state index contributed by atoms with van der Waals surface area (Å²) in [6, 6.07) is 41.8. The number of allylic oxidation sites excluding steroid dienone is 4. The van der Waals surface area contributed by atoms with E-state index >= 15 is 0 Å². The molecule has 0 atom stereocenters. The number of aromatic nitrogens is 3. The molecule has 214 valence electrons. The van der Waals surface area contributed by atoms with Gasteiger partial charge < -0.3 is 4.90 Å². The minimum absolute atomic E-state index is 0.642. The minimum Gasteiger partial charge on any atom is -0.336 e. The molecule has 0 radical (unpaired) electrons. The molecule has 7 aromatic rings. The van der Waals surface area contributed by atoms with Gasteiger partial charge in [-0.25, -0.2) is 15.0 Å². The van der Waals surface area contributed by atoms with Crippen LogP contribution < -0.4 is 4.90 Å². The Hall–Kier alpha value is -5.65. The molecule has 2 aromatic heterocycles. The SMILES string of the molecule is C=C1/C=C\C=C/CN(c2ccc(-c3nc(-c4ccccc4)nc(-c4ccccc4)n3)cc2)c2c1ccc1c2sc2ccccc21. The zero-order chi connectivity index (χ0) is 30.2. The van der Waals surface area contributed by atoms with Gasteiger partial charge in [0.2, 0.25) is 0 Å². The second kappa shape index (κ2) is 11.5. The fourth-order valence-electron chi connectivity index (χ4n) is 5.86. The van der Waals surface area contributed by atoms with E-state index in [0.29, 0.717) is 17.5 Å². The lowest BCUT2D eigenvalue weighted by molar-refractivity contribution is 1.07. The van der Waals surface area contributed by atoms with Crippen LogP contribution in [0.1, 0.15) is 5.56 Å². The summed E-state index contributed by atoms with van der Waals surface area (Å²) in [6.45, 7) is 5.16. The van der Waals surface area contributed by atoms with E-state index in [0.717, 1.165) is 40.1 Å². The summed E-state index contributed by atoms with van der Waals surface area (Å²) in [4.78, 5) is 17.1. The van der Waals surface area contributed by atoms with Gasteiger partial charge in [0.25, 0.3) is 0 Å². The number of rotatable bonds is 4. The Bertz CT molecular complexity index is 2190.